The SMILES string of the molecule is CC(C)=CCC/C(C)=C/COc1ccc(C=O)cc1. The Hall–Kier alpha value is -1.83. The van der Waals surface area contributed by atoms with Crippen molar-refractivity contribution in [3.63, 3.8) is 0 Å². The second-order valence-electron chi connectivity index (χ2n) is 4.87. The number of carbonyl (C=O) groups is 1. The lowest BCUT2D eigenvalue weighted by molar-refractivity contribution is 0.112. The van der Waals surface area contributed by atoms with E-state index < -0.39 is 0 Å². The number of aldehydes is 1. The lowest BCUT2D eigenvalue weighted by Gasteiger charge is -2.04. The smallest absolute Gasteiger partial charge is 0.150 e. The molecule has 0 fully saturated rings. The number of ether oxygens (including phenoxy) is 1. The normalized spacial score (nSPS) is 11.0. The van der Waals surface area contributed by atoms with Crippen LogP contribution in [0.5, 0.6) is 5.75 Å². The second kappa shape index (κ2) is 8.30. The molecule has 2 nitrogen and oxygen atoms in total. The highest BCUT2D eigenvalue weighted by Crippen LogP contribution is 2.12. The van der Waals surface area contributed by atoms with Crippen LogP contribution in [0.3, 0.4) is 0 Å². The van der Waals surface area contributed by atoms with Crippen molar-refractivity contribution >= 4 is 6.29 Å². The third kappa shape index (κ3) is 6.61. The molecule has 0 N–H and O–H groups in total. The minimum atomic E-state index is 0.571. The van der Waals surface area contributed by atoms with Crippen LogP contribution in [0.25, 0.3) is 0 Å². The maximum Gasteiger partial charge on any atom is 0.150 e. The van der Waals surface area contributed by atoms with Gasteiger partial charge in [0, 0.05) is 5.56 Å². The molecular weight excluding hydrogens is 236 g/mol. The Kier molecular flexibility index (Phi) is 6.65. The van der Waals surface area contributed by atoms with Crippen LogP contribution in [0.2, 0.25) is 0 Å². The summed E-state index contributed by atoms with van der Waals surface area (Å²) < 4.78 is 5.60. The molecule has 0 aliphatic heterocycles. The van der Waals surface area contributed by atoms with Crippen molar-refractivity contribution in [2.75, 3.05) is 6.61 Å². The molecule has 0 aliphatic carbocycles. The van der Waals surface area contributed by atoms with Crippen molar-refractivity contribution < 1.29 is 9.53 Å². The Bertz CT molecular complexity index is 449. The maximum atomic E-state index is 10.5. The molecule has 1 rings (SSSR count). The van der Waals surface area contributed by atoms with Crippen LogP contribution >= 0.6 is 0 Å². The van der Waals surface area contributed by atoms with Gasteiger partial charge in [-0.1, -0.05) is 17.2 Å². The van der Waals surface area contributed by atoms with Gasteiger partial charge in [0.25, 0.3) is 0 Å². The highest BCUT2D eigenvalue weighted by Gasteiger charge is 1.94. The summed E-state index contributed by atoms with van der Waals surface area (Å²) in [6, 6.07) is 7.15. The van der Waals surface area contributed by atoms with Gasteiger partial charge in [-0.05, 0) is 64.0 Å². The van der Waals surface area contributed by atoms with Crippen LogP contribution in [-0.2, 0) is 0 Å². The molecule has 19 heavy (non-hydrogen) atoms. The molecular formula is C17H22O2. The van der Waals surface area contributed by atoms with Crippen molar-refractivity contribution in [2.24, 2.45) is 0 Å². The van der Waals surface area contributed by atoms with Crippen molar-refractivity contribution in [1.29, 1.82) is 0 Å². The lowest BCUT2D eigenvalue weighted by Crippen LogP contribution is -1.95. The molecule has 102 valence electrons. The van der Waals surface area contributed by atoms with Crippen molar-refractivity contribution in [3.05, 3.63) is 53.1 Å². The zero-order chi connectivity index (χ0) is 14.1. The van der Waals surface area contributed by atoms with Crippen LogP contribution in [0.1, 0.15) is 44.0 Å². The number of carbonyl (C=O) groups excluding carboxylic acids is 1. The molecule has 0 aliphatic rings. The first-order valence-corrected chi connectivity index (χ1v) is 6.59. The predicted octanol–water partition coefficient (Wildman–Crippen LogP) is 4.57. The van der Waals surface area contributed by atoms with Crippen LogP contribution in [0, 0.1) is 0 Å². The standard InChI is InChI=1S/C17H22O2/c1-14(2)5-4-6-15(3)11-12-19-17-9-7-16(13-18)8-10-17/h5,7-11,13H,4,6,12H2,1-3H3/b15-11+. The fourth-order valence-corrected chi connectivity index (χ4v) is 1.61. The second-order valence-corrected chi connectivity index (χ2v) is 4.87. The van der Waals surface area contributed by atoms with E-state index in [1.165, 1.54) is 11.1 Å². The van der Waals surface area contributed by atoms with Gasteiger partial charge in [-0.15, -0.1) is 0 Å². The molecule has 1 aromatic rings. The minimum Gasteiger partial charge on any atom is -0.490 e. The van der Waals surface area contributed by atoms with Crippen molar-refractivity contribution in [3.8, 4) is 5.75 Å². The van der Waals surface area contributed by atoms with Gasteiger partial charge in [0.05, 0.1) is 0 Å². The number of allylic oxidation sites excluding steroid dienone is 3. The number of benzene rings is 1. The van der Waals surface area contributed by atoms with Crippen LogP contribution < -0.4 is 4.74 Å². The summed E-state index contributed by atoms with van der Waals surface area (Å²) in [7, 11) is 0. The first kappa shape index (κ1) is 15.2. The predicted molar refractivity (Wildman–Crippen MR) is 79.7 cm³/mol. The molecule has 1 aromatic carbocycles. The summed E-state index contributed by atoms with van der Waals surface area (Å²) in [4.78, 5) is 10.5. The molecule has 0 unspecified atom stereocenters. The van der Waals surface area contributed by atoms with E-state index in [0.717, 1.165) is 24.9 Å². The Morgan fingerprint density at radius 1 is 1.11 bits per heavy atom. The van der Waals surface area contributed by atoms with Gasteiger partial charge >= 0.3 is 0 Å². The Labute approximate surface area is 115 Å². The molecule has 0 saturated heterocycles. The van der Waals surface area contributed by atoms with Crippen LogP contribution in [0.4, 0.5) is 0 Å². The van der Waals surface area contributed by atoms with E-state index in [4.69, 9.17) is 4.74 Å². The van der Waals surface area contributed by atoms with E-state index in [2.05, 4.69) is 32.9 Å². The fourth-order valence-electron chi connectivity index (χ4n) is 1.61. The molecule has 0 aromatic heterocycles. The third-order valence-corrected chi connectivity index (χ3v) is 2.79. The first-order valence-electron chi connectivity index (χ1n) is 6.59. The van der Waals surface area contributed by atoms with Gasteiger partial charge in [0.1, 0.15) is 18.6 Å². The summed E-state index contributed by atoms with van der Waals surface area (Å²) in [6.07, 6.45) is 7.33. The maximum absolute atomic E-state index is 10.5. The van der Waals surface area contributed by atoms with Crippen molar-refractivity contribution in [2.45, 2.75) is 33.6 Å². The zero-order valence-corrected chi connectivity index (χ0v) is 12.0. The van der Waals surface area contributed by atoms with Gasteiger partial charge in [-0.25, -0.2) is 0 Å². The van der Waals surface area contributed by atoms with Crippen LogP contribution in [-0.4, -0.2) is 12.9 Å². The monoisotopic (exact) mass is 258 g/mol. The number of rotatable bonds is 7. The highest BCUT2D eigenvalue weighted by atomic mass is 16.5. The third-order valence-electron chi connectivity index (χ3n) is 2.79. The zero-order valence-electron chi connectivity index (χ0n) is 12.0. The molecule has 0 bridgehead atoms. The minimum absolute atomic E-state index is 0.571. The number of hydrogen-bond donors (Lipinski definition) is 0. The molecule has 0 radical (unpaired) electrons. The Morgan fingerprint density at radius 2 is 1.79 bits per heavy atom. The number of hydrogen-bond acceptors (Lipinski definition) is 2. The average Bonchev–Trinajstić information content (AvgIpc) is 2.39. The summed E-state index contributed by atoms with van der Waals surface area (Å²) >= 11 is 0. The van der Waals surface area contributed by atoms with E-state index in [1.54, 1.807) is 12.1 Å². The Morgan fingerprint density at radius 3 is 2.37 bits per heavy atom. The van der Waals surface area contributed by atoms with Gasteiger partial charge in [0.15, 0.2) is 0 Å². The first-order chi connectivity index (χ1) is 9.11. The van der Waals surface area contributed by atoms with Crippen molar-refractivity contribution in [1.82, 2.24) is 0 Å². The van der Waals surface area contributed by atoms with E-state index in [-0.39, 0.29) is 0 Å². The molecule has 0 spiro atoms. The summed E-state index contributed by atoms with van der Waals surface area (Å²) in [6.45, 7) is 6.93. The molecule has 2 heteroatoms. The largest absolute Gasteiger partial charge is 0.490 e. The molecule has 0 atom stereocenters. The van der Waals surface area contributed by atoms with E-state index in [9.17, 15) is 4.79 Å². The fraction of sp³-hybridized carbons (Fsp3) is 0.353. The average molecular weight is 258 g/mol. The highest BCUT2D eigenvalue weighted by molar-refractivity contribution is 5.74. The summed E-state index contributed by atoms with van der Waals surface area (Å²) in [5, 5.41) is 0. The van der Waals surface area contributed by atoms with Crippen LogP contribution in [0.15, 0.2) is 47.6 Å². The van der Waals surface area contributed by atoms with E-state index >= 15 is 0 Å². The topological polar surface area (TPSA) is 26.3 Å². The van der Waals surface area contributed by atoms with Gasteiger partial charge in [-0.3, -0.25) is 4.79 Å². The van der Waals surface area contributed by atoms with E-state index in [0.29, 0.717) is 12.2 Å². The quantitative estimate of drug-likeness (QED) is 0.529. The lowest BCUT2D eigenvalue weighted by atomic mass is 10.1. The van der Waals surface area contributed by atoms with Gasteiger partial charge in [-0.2, -0.15) is 0 Å². The summed E-state index contributed by atoms with van der Waals surface area (Å²) in [5.41, 5.74) is 3.36. The van der Waals surface area contributed by atoms with E-state index in [1.807, 2.05) is 12.1 Å². The Balaban J connectivity index is 2.35. The summed E-state index contributed by atoms with van der Waals surface area (Å²) in [5.74, 6) is 0.791. The van der Waals surface area contributed by atoms with Gasteiger partial charge in [0.2, 0.25) is 0 Å². The molecule has 0 saturated carbocycles. The molecule has 0 heterocycles. The molecule has 0 amide bonds. The van der Waals surface area contributed by atoms with Gasteiger partial charge < -0.3 is 4.74 Å².